The number of methoxy groups -OCH3 is 2. The van der Waals surface area contributed by atoms with Crippen LogP contribution in [0.25, 0.3) is 0 Å². The summed E-state index contributed by atoms with van der Waals surface area (Å²) in [4.78, 5) is 0. The van der Waals surface area contributed by atoms with Crippen molar-refractivity contribution in [1.29, 1.82) is 5.26 Å². The Labute approximate surface area is 128 Å². The van der Waals surface area contributed by atoms with Gasteiger partial charge in [-0.15, -0.1) is 0 Å². The topological polar surface area (TPSA) is 54.3 Å². The van der Waals surface area contributed by atoms with Gasteiger partial charge in [0, 0.05) is 16.8 Å². The molecule has 0 aromatic heterocycles. The lowest BCUT2D eigenvalue weighted by Crippen LogP contribution is -2.09. The second kappa shape index (κ2) is 6.87. The molecular weight excluding hydrogens is 288 g/mol. The lowest BCUT2D eigenvalue weighted by molar-refractivity contribution is 0.393. The Bertz CT molecular complexity index is 645. The van der Waals surface area contributed by atoms with E-state index < -0.39 is 6.04 Å². The molecule has 0 radical (unpaired) electrons. The Hall–Kier alpha value is -2.38. The molecule has 2 rings (SSSR count). The summed E-state index contributed by atoms with van der Waals surface area (Å²) in [5.41, 5.74) is 1.53. The number of ether oxygens (including phenoxy) is 2. The average Bonchev–Trinajstić information content (AvgIpc) is 2.52. The minimum absolute atomic E-state index is 0.535. The predicted octanol–water partition coefficient (Wildman–Crippen LogP) is 4.03. The normalized spacial score (nSPS) is 11.3. The Morgan fingerprint density at radius 2 is 1.76 bits per heavy atom. The first kappa shape index (κ1) is 15.0. The van der Waals surface area contributed by atoms with Crippen molar-refractivity contribution in [3.63, 3.8) is 0 Å². The largest absolute Gasteiger partial charge is 0.497 e. The molecule has 0 heterocycles. The van der Waals surface area contributed by atoms with Crippen LogP contribution >= 0.6 is 11.6 Å². The molecule has 0 saturated carbocycles. The molecule has 0 aliphatic carbocycles. The predicted molar refractivity (Wildman–Crippen MR) is 83.0 cm³/mol. The summed E-state index contributed by atoms with van der Waals surface area (Å²) in [5.74, 6) is 1.27. The number of benzene rings is 2. The third-order valence-corrected chi connectivity index (χ3v) is 3.21. The molecule has 108 valence electrons. The van der Waals surface area contributed by atoms with Crippen molar-refractivity contribution in [3.8, 4) is 17.6 Å². The molecular formula is C16H15ClN2O2. The van der Waals surface area contributed by atoms with E-state index in [1.54, 1.807) is 44.6 Å². The number of rotatable bonds is 5. The van der Waals surface area contributed by atoms with E-state index >= 15 is 0 Å². The third kappa shape index (κ3) is 3.80. The van der Waals surface area contributed by atoms with Gasteiger partial charge in [-0.05, 0) is 35.9 Å². The van der Waals surface area contributed by atoms with Gasteiger partial charge in [-0.1, -0.05) is 17.7 Å². The number of hydrogen-bond acceptors (Lipinski definition) is 4. The quantitative estimate of drug-likeness (QED) is 0.906. The highest BCUT2D eigenvalue weighted by molar-refractivity contribution is 6.30. The molecule has 2 aromatic rings. The van der Waals surface area contributed by atoms with Gasteiger partial charge in [0.1, 0.15) is 17.5 Å². The van der Waals surface area contributed by atoms with Crippen LogP contribution in [0.3, 0.4) is 0 Å². The highest BCUT2D eigenvalue weighted by atomic mass is 35.5. The first-order valence-electron chi connectivity index (χ1n) is 6.31. The Kier molecular flexibility index (Phi) is 4.91. The minimum atomic E-state index is -0.535. The fraction of sp³-hybridized carbons (Fsp3) is 0.188. The van der Waals surface area contributed by atoms with Crippen LogP contribution in [0.2, 0.25) is 5.02 Å². The van der Waals surface area contributed by atoms with Gasteiger partial charge >= 0.3 is 0 Å². The van der Waals surface area contributed by atoms with E-state index in [1.807, 2.05) is 12.1 Å². The molecule has 21 heavy (non-hydrogen) atoms. The second-order valence-electron chi connectivity index (χ2n) is 4.36. The molecule has 0 aliphatic rings. The smallest absolute Gasteiger partial charge is 0.140 e. The lowest BCUT2D eigenvalue weighted by Gasteiger charge is -2.15. The minimum Gasteiger partial charge on any atom is -0.497 e. The van der Waals surface area contributed by atoms with Crippen molar-refractivity contribution in [2.75, 3.05) is 19.5 Å². The van der Waals surface area contributed by atoms with Crippen LogP contribution in [0.15, 0.2) is 42.5 Å². The van der Waals surface area contributed by atoms with Crippen molar-refractivity contribution in [2.24, 2.45) is 0 Å². The zero-order chi connectivity index (χ0) is 15.2. The maximum atomic E-state index is 9.41. The van der Waals surface area contributed by atoms with Crippen LogP contribution in [0.5, 0.6) is 11.5 Å². The molecule has 0 amide bonds. The highest BCUT2D eigenvalue weighted by Gasteiger charge is 2.13. The number of nitriles is 1. The van der Waals surface area contributed by atoms with Crippen LogP contribution < -0.4 is 14.8 Å². The van der Waals surface area contributed by atoms with Crippen molar-refractivity contribution >= 4 is 17.3 Å². The summed E-state index contributed by atoms with van der Waals surface area (Å²) in [6.07, 6.45) is 0. The van der Waals surface area contributed by atoms with Gasteiger partial charge in [-0.2, -0.15) is 5.26 Å². The zero-order valence-electron chi connectivity index (χ0n) is 11.8. The van der Waals surface area contributed by atoms with Gasteiger partial charge in [0.2, 0.25) is 0 Å². The van der Waals surface area contributed by atoms with E-state index in [-0.39, 0.29) is 0 Å². The van der Waals surface area contributed by atoms with Crippen LogP contribution in [0.1, 0.15) is 11.6 Å². The summed E-state index contributed by atoms with van der Waals surface area (Å²) >= 11 is 5.95. The van der Waals surface area contributed by atoms with Crippen molar-refractivity contribution < 1.29 is 9.47 Å². The van der Waals surface area contributed by atoms with E-state index in [0.29, 0.717) is 16.5 Å². The molecule has 5 heteroatoms. The van der Waals surface area contributed by atoms with Gasteiger partial charge < -0.3 is 14.8 Å². The second-order valence-corrected chi connectivity index (χ2v) is 4.80. The summed E-state index contributed by atoms with van der Waals surface area (Å²) in [6, 6.07) is 14.3. The number of anilines is 1. The molecule has 1 atom stereocenters. The molecule has 1 unspecified atom stereocenters. The fourth-order valence-electron chi connectivity index (χ4n) is 1.93. The summed E-state index contributed by atoms with van der Waals surface area (Å²) in [7, 11) is 3.15. The van der Waals surface area contributed by atoms with Gasteiger partial charge in [-0.25, -0.2) is 0 Å². The number of hydrogen-bond donors (Lipinski definition) is 1. The Morgan fingerprint density at radius 1 is 1.10 bits per heavy atom. The molecule has 0 bridgehead atoms. The third-order valence-electron chi connectivity index (χ3n) is 2.97. The molecule has 2 aromatic carbocycles. The van der Waals surface area contributed by atoms with Crippen molar-refractivity contribution in [2.45, 2.75) is 6.04 Å². The maximum Gasteiger partial charge on any atom is 0.140 e. The molecule has 0 spiro atoms. The zero-order valence-corrected chi connectivity index (χ0v) is 12.5. The first-order chi connectivity index (χ1) is 10.2. The SMILES string of the molecule is COc1cc(OC)cc(C(C#N)Nc2cccc(Cl)c2)c1. The first-order valence-corrected chi connectivity index (χ1v) is 6.68. The van der Waals surface area contributed by atoms with E-state index in [9.17, 15) is 5.26 Å². The number of nitrogens with one attached hydrogen (secondary N) is 1. The molecule has 0 saturated heterocycles. The van der Waals surface area contributed by atoms with Crippen molar-refractivity contribution in [3.05, 3.63) is 53.1 Å². The van der Waals surface area contributed by atoms with Crippen LogP contribution in [-0.4, -0.2) is 14.2 Å². The van der Waals surface area contributed by atoms with E-state index in [2.05, 4.69) is 11.4 Å². The van der Waals surface area contributed by atoms with E-state index in [4.69, 9.17) is 21.1 Å². The Balaban J connectivity index is 2.31. The van der Waals surface area contributed by atoms with Crippen LogP contribution in [0, 0.1) is 11.3 Å². The Morgan fingerprint density at radius 3 is 2.29 bits per heavy atom. The van der Waals surface area contributed by atoms with Gasteiger partial charge in [0.15, 0.2) is 0 Å². The van der Waals surface area contributed by atoms with Gasteiger partial charge in [0.25, 0.3) is 0 Å². The maximum absolute atomic E-state index is 9.41. The highest BCUT2D eigenvalue weighted by Crippen LogP contribution is 2.28. The fourth-order valence-corrected chi connectivity index (χ4v) is 2.12. The number of nitrogens with zero attached hydrogens (tertiary/aromatic N) is 1. The average molecular weight is 303 g/mol. The van der Waals surface area contributed by atoms with Gasteiger partial charge in [0.05, 0.1) is 20.3 Å². The summed E-state index contributed by atoms with van der Waals surface area (Å²) < 4.78 is 10.4. The molecule has 0 aliphatic heterocycles. The molecule has 1 N–H and O–H groups in total. The number of halogens is 1. The summed E-state index contributed by atoms with van der Waals surface area (Å²) in [6.45, 7) is 0. The van der Waals surface area contributed by atoms with Gasteiger partial charge in [-0.3, -0.25) is 0 Å². The summed E-state index contributed by atoms with van der Waals surface area (Å²) in [5, 5.41) is 13.2. The molecule has 4 nitrogen and oxygen atoms in total. The van der Waals surface area contributed by atoms with Crippen LogP contribution in [0.4, 0.5) is 5.69 Å². The van der Waals surface area contributed by atoms with E-state index in [1.165, 1.54) is 0 Å². The van der Waals surface area contributed by atoms with E-state index in [0.717, 1.165) is 11.3 Å². The van der Waals surface area contributed by atoms with Crippen LogP contribution in [-0.2, 0) is 0 Å². The standard InChI is InChI=1S/C16H15ClN2O2/c1-20-14-6-11(7-15(9-14)21-2)16(10-18)19-13-5-3-4-12(17)8-13/h3-9,16,19H,1-2H3. The molecule has 0 fully saturated rings. The monoisotopic (exact) mass is 302 g/mol. The lowest BCUT2D eigenvalue weighted by atomic mass is 10.1. The van der Waals surface area contributed by atoms with Crippen molar-refractivity contribution in [1.82, 2.24) is 0 Å².